The second-order valence-electron chi connectivity index (χ2n) is 6.55. The number of benzene rings is 1. The summed E-state index contributed by atoms with van der Waals surface area (Å²) in [5, 5.41) is 5.12. The Morgan fingerprint density at radius 1 is 1.28 bits per heavy atom. The summed E-state index contributed by atoms with van der Waals surface area (Å²) in [4.78, 5) is 13.6. The minimum Gasteiger partial charge on any atom is -0.495 e. The van der Waals surface area contributed by atoms with Crippen LogP contribution < -0.4 is 20.3 Å². The van der Waals surface area contributed by atoms with Crippen LogP contribution in [0.1, 0.15) is 25.1 Å². The fraction of sp³-hybridized carbons (Fsp3) is 0.421. The number of hydrogen-bond acceptors (Lipinski definition) is 3. The molecule has 6 nitrogen and oxygen atoms in total. The summed E-state index contributed by atoms with van der Waals surface area (Å²) in [5.74, 6) is 1.63. The van der Waals surface area contributed by atoms with Crippen LogP contribution in [0.4, 0.5) is 5.69 Å². The van der Waals surface area contributed by atoms with Gasteiger partial charge in [0.1, 0.15) is 12.3 Å². The maximum atomic E-state index is 12.3. The van der Waals surface area contributed by atoms with Gasteiger partial charge < -0.3 is 24.7 Å². The summed E-state index contributed by atoms with van der Waals surface area (Å²) < 4.78 is 10.8. The largest absolute Gasteiger partial charge is 0.495 e. The zero-order valence-corrected chi connectivity index (χ0v) is 15.4. The van der Waals surface area contributed by atoms with E-state index in [4.69, 9.17) is 9.15 Å². The van der Waals surface area contributed by atoms with E-state index in [1.165, 1.54) is 4.90 Å². The summed E-state index contributed by atoms with van der Waals surface area (Å²) in [6, 6.07) is 11.8. The first kappa shape index (κ1) is 19.0. The molecule has 2 rings (SSSR count). The molecule has 2 aromatic rings. The van der Waals surface area contributed by atoms with E-state index in [1.807, 2.05) is 36.4 Å². The molecule has 0 aliphatic rings. The predicted molar refractivity (Wildman–Crippen MR) is 96.8 cm³/mol. The van der Waals surface area contributed by atoms with Gasteiger partial charge in [-0.15, -0.1) is 0 Å². The molecule has 1 aromatic heterocycles. The molecule has 25 heavy (non-hydrogen) atoms. The topological polar surface area (TPSA) is 72.5 Å². The van der Waals surface area contributed by atoms with Gasteiger partial charge in [0, 0.05) is 0 Å². The van der Waals surface area contributed by atoms with Gasteiger partial charge in [-0.2, -0.15) is 0 Å². The number of carbonyl (C=O) groups excluding carboxylic acids is 1. The van der Waals surface area contributed by atoms with Gasteiger partial charge in [0.15, 0.2) is 11.8 Å². The predicted octanol–water partition coefficient (Wildman–Crippen LogP) is 0.455. The third-order valence-corrected chi connectivity index (χ3v) is 4.25. The average Bonchev–Trinajstić information content (AvgIpc) is 3.09. The van der Waals surface area contributed by atoms with E-state index in [0.717, 1.165) is 12.3 Å². The summed E-state index contributed by atoms with van der Waals surface area (Å²) in [7, 11) is 5.82. The van der Waals surface area contributed by atoms with Gasteiger partial charge in [-0.25, -0.2) is 0 Å². The summed E-state index contributed by atoms with van der Waals surface area (Å²) in [6.07, 6.45) is 2.14. The number of amides is 1. The van der Waals surface area contributed by atoms with Crippen molar-refractivity contribution < 1.29 is 24.2 Å². The Morgan fingerprint density at radius 2 is 2.04 bits per heavy atom. The summed E-state index contributed by atoms with van der Waals surface area (Å²) >= 11 is 0. The van der Waals surface area contributed by atoms with Crippen molar-refractivity contribution in [3.05, 3.63) is 48.4 Å². The van der Waals surface area contributed by atoms with Gasteiger partial charge in [0.2, 0.25) is 5.91 Å². The Kier molecular flexibility index (Phi) is 7.03. The number of nitrogens with two attached hydrogens (primary N) is 1. The molecule has 0 saturated heterocycles. The highest BCUT2D eigenvalue weighted by molar-refractivity contribution is 5.92. The lowest BCUT2D eigenvalue weighted by Crippen LogP contribution is -3.10. The highest BCUT2D eigenvalue weighted by atomic mass is 16.5. The second kappa shape index (κ2) is 9.25. The fourth-order valence-corrected chi connectivity index (χ4v) is 2.82. The van der Waals surface area contributed by atoms with Crippen LogP contribution in [0.15, 0.2) is 47.1 Å². The third kappa shape index (κ3) is 5.62. The molecule has 0 aliphatic heterocycles. The molecule has 0 aliphatic carbocycles. The molecule has 2 atom stereocenters. The zero-order valence-electron chi connectivity index (χ0n) is 15.4. The molecule has 0 radical (unpaired) electrons. The number of quaternary nitrogens is 2. The van der Waals surface area contributed by atoms with Crippen molar-refractivity contribution in [1.29, 1.82) is 0 Å². The number of para-hydroxylation sites is 2. The van der Waals surface area contributed by atoms with Crippen LogP contribution in [-0.4, -0.2) is 39.7 Å². The number of furan rings is 1. The van der Waals surface area contributed by atoms with E-state index >= 15 is 0 Å². The van der Waals surface area contributed by atoms with Crippen molar-refractivity contribution >= 4 is 11.6 Å². The van der Waals surface area contributed by atoms with Crippen molar-refractivity contribution in [2.45, 2.75) is 25.4 Å². The van der Waals surface area contributed by atoms with Gasteiger partial charge in [0.25, 0.3) is 0 Å². The molecule has 0 spiro atoms. The number of carbonyl (C=O) groups is 1. The van der Waals surface area contributed by atoms with Crippen LogP contribution in [0.3, 0.4) is 0 Å². The molecule has 1 amide bonds. The molecule has 1 heterocycles. The normalized spacial score (nSPS) is 13.5. The van der Waals surface area contributed by atoms with E-state index in [2.05, 4.69) is 31.7 Å². The molecular weight excluding hydrogens is 318 g/mol. The highest BCUT2D eigenvalue weighted by Gasteiger charge is 2.24. The van der Waals surface area contributed by atoms with E-state index in [9.17, 15) is 4.79 Å². The van der Waals surface area contributed by atoms with E-state index in [0.29, 0.717) is 17.9 Å². The van der Waals surface area contributed by atoms with Crippen molar-refractivity contribution in [3.63, 3.8) is 0 Å². The van der Waals surface area contributed by atoms with Gasteiger partial charge >= 0.3 is 0 Å². The number of likely N-dealkylation sites (N-methyl/N-ethyl adjacent to an activating group) is 1. The average molecular weight is 347 g/mol. The quantitative estimate of drug-likeness (QED) is 0.617. The minimum atomic E-state index is -0.0139. The monoisotopic (exact) mass is 347 g/mol. The van der Waals surface area contributed by atoms with Crippen LogP contribution in [0.5, 0.6) is 5.75 Å². The van der Waals surface area contributed by atoms with Crippen LogP contribution in [0.25, 0.3) is 0 Å². The molecular formula is C19H29N3O3+2. The number of anilines is 1. The number of nitrogens with one attached hydrogen (secondary N) is 2. The molecule has 0 unspecified atom stereocenters. The van der Waals surface area contributed by atoms with Gasteiger partial charge in [-0.1, -0.05) is 12.1 Å². The van der Waals surface area contributed by atoms with Crippen LogP contribution in [0, 0.1) is 0 Å². The maximum absolute atomic E-state index is 12.3. The maximum Gasteiger partial charge on any atom is 0.230 e. The van der Waals surface area contributed by atoms with Crippen molar-refractivity contribution in [2.24, 2.45) is 0 Å². The SMILES string of the molecule is COc1ccccc1NC(=O)C[C@@H](C)[NH2+]C[C@H](c1ccco1)[NH+](C)C. The lowest BCUT2D eigenvalue weighted by Gasteiger charge is -2.20. The number of hydrogen-bond donors (Lipinski definition) is 3. The van der Waals surface area contributed by atoms with Gasteiger partial charge in [-0.3, -0.25) is 4.79 Å². The Balaban J connectivity index is 1.84. The number of ether oxygens (including phenoxy) is 1. The fourth-order valence-electron chi connectivity index (χ4n) is 2.82. The molecule has 0 saturated carbocycles. The van der Waals surface area contributed by atoms with Crippen molar-refractivity contribution in [2.75, 3.05) is 33.1 Å². The first-order valence-electron chi connectivity index (χ1n) is 8.61. The third-order valence-electron chi connectivity index (χ3n) is 4.25. The van der Waals surface area contributed by atoms with Crippen molar-refractivity contribution in [1.82, 2.24) is 0 Å². The minimum absolute atomic E-state index is 0.0139. The molecule has 4 N–H and O–H groups in total. The molecule has 136 valence electrons. The van der Waals surface area contributed by atoms with E-state index in [-0.39, 0.29) is 18.0 Å². The smallest absolute Gasteiger partial charge is 0.230 e. The highest BCUT2D eigenvalue weighted by Crippen LogP contribution is 2.23. The van der Waals surface area contributed by atoms with Crippen LogP contribution in [0.2, 0.25) is 0 Å². The Labute approximate surface area is 149 Å². The van der Waals surface area contributed by atoms with Crippen molar-refractivity contribution in [3.8, 4) is 5.75 Å². The van der Waals surface area contributed by atoms with Gasteiger partial charge in [-0.05, 0) is 31.2 Å². The zero-order chi connectivity index (χ0) is 18.2. The van der Waals surface area contributed by atoms with E-state index in [1.54, 1.807) is 13.4 Å². The standard InChI is InChI=1S/C19H27N3O3/c1-14(20-13-16(22(2)3)18-10-7-11-25-18)12-19(23)21-15-8-5-6-9-17(15)24-4/h5-11,14,16,20H,12-13H2,1-4H3,(H,21,23)/p+2/t14-,16-/m1/s1. The molecule has 6 heteroatoms. The Bertz CT molecular complexity index is 656. The lowest BCUT2D eigenvalue weighted by molar-refractivity contribution is -0.912. The van der Waals surface area contributed by atoms with Crippen LogP contribution in [-0.2, 0) is 4.79 Å². The Morgan fingerprint density at radius 3 is 2.68 bits per heavy atom. The molecule has 1 aromatic carbocycles. The lowest BCUT2D eigenvalue weighted by atomic mass is 10.1. The van der Waals surface area contributed by atoms with Crippen LogP contribution >= 0.6 is 0 Å². The first-order chi connectivity index (χ1) is 12.0. The Hall–Kier alpha value is -2.31. The second-order valence-corrected chi connectivity index (χ2v) is 6.55. The van der Waals surface area contributed by atoms with Gasteiger partial charge in [0.05, 0.1) is 45.6 Å². The summed E-state index contributed by atoms with van der Waals surface area (Å²) in [6.45, 7) is 2.92. The molecule has 0 bridgehead atoms. The molecule has 0 fully saturated rings. The van der Waals surface area contributed by atoms with E-state index < -0.39 is 0 Å². The number of rotatable bonds is 9. The first-order valence-corrected chi connectivity index (χ1v) is 8.61. The summed E-state index contributed by atoms with van der Waals surface area (Å²) in [5.41, 5.74) is 0.702. The number of methoxy groups -OCH3 is 1.